The number of nitrogens with one attached hydrogen (secondary N) is 2. The molecule has 0 saturated carbocycles. The first-order chi connectivity index (χ1) is 48.7. The van der Waals surface area contributed by atoms with Crippen LogP contribution in [0.3, 0.4) is 0 Å². The molecule has 25 nitrogen and oxygen atoms in total. The number of aliphatic hydroxyl groups excluding tert-OH is 1. The van der Waals surface area contributed by atoms with Gasteiger partial charge in [-0.3, -0.25) is 43.3 Å². The highest BCUT2D eigenvalue weighted by molar-refractivity contribution is 6.07. The van der Waals surface area contributed by atoms with Gasteiger partial charge in [-0.25, -0.2) is 14.5 Å². The summed E-state index contributed by atoms with van der Waals surface area (Å²) in [5, 5.41) is 17.6. The zero-order valence-electron chi connectivity index (χ0n) is 59.8. The van der Waals surface area contributed by atoms with Gasteiger partial charge in [0.05, 0.1) is 106 Å². The second kappa shape index (κ2) is 36.2. The number of hydrogen-bond donors (Lipinski definition) is 3. The number of aliphatic hydroxyl groups is 1. The van der Waals surface area contributed by atoms with Crippen molar-refractivity contribution in [1.82, 2.24) is 20.4 Å². The van der Waals surface area contributed by atoms with Gasteiger partial charge in [-0.05, 0) is 85.4 Å². The van der Waals surface area contributed by atoms with Crippen LogP contribution in [0.25, 0.3) is 0 Å². The Bertz CT molecular complexity index is 3770. The van der Waals surface area contributed by atoms with Gasteiger partial charge < -0.3 is 63.4 Å². The number of nitrogens with zero attached hydrogens (tertiary/aromatic N) is 4. The molecule has 0 aromatic heterocycles. The molecule has 0 aliphatic carbocycles. The Morgan fingerprint density at radius 1 is 0.618 bits per heavy atom. The van der Waals surface area contributed by atoms with Crippen molar-refractivity contribution in [3.63, 3.8) is 0 Å². The van der Waals surface area contributed by atoms with E-state index in [2.05, 4.69) is 30.4 Å². The zero-order valence-corrected chi connectivity index (χ0v) is 59.8. The van der Waals surface area contributed by atoms with E-state index < -0.39 is 72.2 Å². The molecule has 4 aromatic carbocycles. The predicted octanol–water partition coefficient (Wildman–Crippen LogP) is 8.93. The van der Waals surface area contributed by atoms with E-state index in [0.717, 1.165) is 10.5 Å². The Morgan fingerprint density at radius 2 is 1.15 bits per heavy atom. The number of aryl methyl sites for hydroxylation is 1. The van der Waals surface area contributed by atoms with Crippen molar-refractivity contribution in [3.05, 3.63) is 149 Å². The van der Waals surface area contributed by atoms with Gasteiger partial charge in [0, 0.05) is 70.4 Å². The summed E-state index contributed by atoms with van der Waals surface area (Å²) in [6, 6.07) is 17.0. The number of ketones is 3. The van der Waals surface area contributed by atoms with Crippen molar-refractivity contribution in [2.75, 3.05) is 83.3 Å². The van der Waals surface area contributed by atoms with E-state index in [1.54, 1.807) is 93.4 Å². The van der Waals surface area contributed by atoms with Gasteiger partial charge >= 0.3 is 18.2 Å². The van der Waals surface area contributed by atoms with E-state index in [9.17, 15) is 53.1 Å². The summed E-state index contributed by atoms with van der Waals surface area (Å²) in [7, 11) is 3.00. The maximum absolute atomic E-state index is 14.3. The molecule has 0 unspecified atom stereocenters. The topological polar surface area (TPSA) is 302 Å². The number of rotatable bonds is 35. The molecule has 2 fully saturated rings. The third-order valence-corrected chi connectivity index (χ3v) is 18.6. The van der Waals surface area contributed by atoms with Gasteiger partial charge in [-0.1, -0.05) is 113 Å². The number of benzene rings is 4. The molecule has 0 spiro atoms. The van der Waals surface area contributed by atoms with Gasteiger partial charge in [0.1, 0.15) is 31.4 Å². The molecule has 25 heteroatoms. The molecule has 0 bridgehead atoms. The average Bonchev–Trinajstić information content (AvgIpc) is 1.59. The van der Waals surface area contributed by atoms with E-state index in [-0.39, 0.29) is 173 Å². The molecule has 4 aliphatic rings. The minimum absolute atomic E-state index is 0.0115. The number of carbonyl (C=O) groups excluding carboxylic acids is 10. The highest BCUT2D eigenvalue weighted by Crippen LogP contribution is 2.42. The molecule has 4 aromatic rings. The lowest BCUT2D eigenvalue weighted by Crippen LogP contribution is -2.50. The van der Waals surface area contributed by atoms with E-state index in [4.69, 9.17) is 37.9 Å². The van der Waals surface area contributed by atoms with Crippen LogP contribution in [-0.4, -0.2) is 178 Å². The summed E-state index contributed by atoms with van der Waals surface area (Å²) in [6.45, 7) is 25.3. The largest absolute Gasteiger partial charge is 0.493 e. The van der Waals surface area contributed by atoms with E-state index in [0.29, 0.717) is 65.3 Å². The molecule has 2 saturated heterocycles. The van der Waals surface area contributed by atoms with Crippen molar-refractivity contribution in [3.8, 4) is 17.2 Å². The fourth-order valence-electron chi connectivity index (χ4n) is 12.6. The lowest BCUT2D eigenvalue weighted by molar-refractivity contribution is -0.146. The van der Waals surface area contributed by atoms with Crippen molar-refractivity contribution in [1.29, 1.82) is 0 Å². The number of hydrogen-bond acceptors (Lipinski definition) is 19. The van der Waals surface area contributed by atoms with Crippen LogP contribution in [-0.2, 0) is 78.5 Å². The van der Waals surface area contributed by atoms with Crippen LogP contribution in [0.15, 0.2) is 110 Å². The van der Waals surface area contributed by atoms with Gasteiger partial charge in [0.15, 0.2) is 29.3 Å². The number of Topliss-reactive ketones (excluding diaryl/α,β-unsaturated/α-hetero) is 3. The standard InChI is InChI=1S/C77H96N6O19/c1-13-24-100-70(87)37-59(46(4)5)72(89)79-51(10)66(86)34-53-17-21-55(22-18-53)44-102-77(94)83-63-39-67(49(8)32-60(63)74(91)81-41-48(7)31-64(81)75(83)92)98-25-14-26-99-69-38-62-61(36-68(69)96-12)73(90)80-40-47(6)30-56(80)42-82(62)76(93)101-43-54-19-15-52(16-20-54)33-65(85)50(9)78-71(88)58(45(2)3)35-57(84)23-27-97-29-28-95-11/h13,15-22,32,36,38-39,45-46,50-51,56,58-59,64,75,92H,1,6-7,14,23-31,33-35,37,40-44H2,2-5,8-12H3,(H,78,88)(H,79,89)/t50-,51-,56-,58-,59-,64-,75-/m0/s1. The Kier molecular flexibility index (Phi) is 27.7. The summed E-state index contributed by atoms with van der Waals surface area (Å²) in [4.78, 5) is 141. The first-order valence-corrected chi connectivity index (χ1v) is 34.5. The number of esters is 1. The minimum atomic E-state index is -1.55. The van der Waals surface area contributed by atoms with E-state index >= 15 is 0 Å². The van der Waals surface area contributed by atoms with Crippen LogP contribution in [0, 0.1) is 30.6 Å². The van der Waals surface area contributed by atoms with Gasteiger partial charge in [-0.2, -0.15) is 0 Å². The lowest BCUT2D eigenvalue weighted by atomic mass is 9.88. The van der Waals surface area contributed by atoms with Crippen LogP contribution in [0.4, 0.5) is 21.0 Å². The van der Waals surface area contributed by atoms with Gasteiger partial charge in [-0.15, -0.1) is 0 Å². The Hall–Kier alpha value is -9.72. The van der Waals surface area contributed by atoms with Crippen molar-refractivity contribution < 1.29 is 90.9 Å². The first kappa shape index (κ1) is 78.0. The van der Waals surface area contributed by atoms with Crippen LogP contribution >= 0.6 is 0 Å². The third-order valence-electron chi connectivity index (χ3n) is 18.6. The Labute approximate surface area is 595 Å². The average molecular weight is 1410 g/mol. The maximum atomic E-state index is 14.3. The summed E-state index contributed by atoms with van der Waals surface area (Å²) in [5.74, 6) is -3.65. The molecule has 548 valence electrons. The normalized spacial score (nSPS) is 17.4. The summed E-state index contributed by atoms with van der Waals surface area (Å²) >= 11 is 0. The Morgan fingerprint density at radius 3 is 1.73 bits per heavy atom. The molecule has 3 N–H and O–H groups in total. The lowest BCUT2D eigenvalue weighted by Gasteiger charge is -2.31. The Balaban J connectivity index is 0.884. The molecule has 6 amide bonds. The second-order valence-electron chi connectivity index (χ2n) is 27.1. The van der Waals surface area contributed by atoms with E-state index in [1.165, 1.54) is 35.1 Å². The SMILES string of the molecule is C=CCOC(=O)C[C@H](C(=O)N[C@@H](C)C(=O)Cc1ccc(COC(=O)N2c3cc(OCCCOc4cc5c(cc4OC)C(=O)N4CC(=C)C[C@H]4CN5C(=O)OCc4ccc(CC(=O)[C@H](C)NC(=O)[C@@H](CC(=O)CCOCCOC)C(C)C)cc4)c(C)cc3C(=O)N3CC(=C)C[C@H]3[C@@H]2O)cc1)C(C)C. The number of fused-ring (bicyclic) bond motifs is 4. The predicted molar refractivity (Wildman–Crippen MR) is 378 cm³/mol. The van der Waals surface area contributed by atoms with Crippen LogP contribution < -0.4 is 34.6 Å². The molecular weight excluding hydrogens is 1310 g/mol. The quantitative estimate of drug-likeness (QED) is 0.0167. The monoisotopic (exact) mass is 1410 g/mol. The number of ether oxygens (including phenoxy) is 8. The van der Waals surface area contributed by atoms with Crippen LogP contribution in [0.5, 0.6) is 17.2 Å². The highest BCUT2D eigenvalue weighted by atomic mass is 16.6. The van der Waals surface area contributed by atoms with Crippen molar-refractivity contribution in [2.24, 2.45) is 23.7 Å². The molecule has 4 heterocycles. The molecule has 4 aliphatic heterocycles. The fourth-order valence-corrected chi connectivity index (χ4v) is 12.6. The third kappa shape index (κ3) is 20.1. The highest BCUT2D eigenvalue weighted by Gasteiger charge is 2.47. The number of amides is 6. The molecule has 0 radical (unpaired) electrons. The number of methoxy groups -OCH3 is 2. The molecule has 7 atom stereocenters. The number of carbonyl (C=O) groups is 10. The smallest absolute Gasteiger partial charge is 0.416 e. The zero-order chi connectivity index (χ0) is 74.1. The van der Waals surface area contributed by atoms with Crippen molar-refractivity contribution in [2.45, 2.75) is 143 Å². The minimum Gasteiger partial charge on any atom is -0.493 e. The summed E-state index contributed by atoms with van der Waals surface area (Å²) in [6.07, 6.45) is -0.779. The van der Waals surface area contributed by atoms with Gasteiger partial charge in [0.2, 0.25) is 11.8 Å². The van der Waals surface area contributed by atoms with Gasteiger partial charge in [0.25, 0.3) is 11.8 Å². The van der Waals surface area contributed by atoms with Crippen molar-refractivity contribution >= 4 is 70.5 Å². The second-order valence-corrected chi connectivity index (χ2v) is 27.1. The van der Waals surface area contributed by atoms with E-state index in [1.807, 2.05) is 27.7 Å². The maximum Gasteiger partial charge on any atom is 0.416 e. The summed E-state index contributed by atoms with van der Waals surface area (Å²) in [5.41, 5.74) is 5.19. The number of anilines is 2. The van der Waals surface area contributed by atoms with Crippen LogP contribution in [0.2, 0.25) is 0 Å². The van der Waals surface area contributed by atoms with Crippen LogP contribution in [0.1, 0.15) is 129 Å². The fraction of sp³-hybridized carbons (Fsp3) is 0.481. The molecule has 102 heavy (non-hydrogen) atoms. The molecular formula is C77H96N6O19. The molecule has 8 rings (SSSR count). The summed E-state index contributed by atoms with van der Waals surface area (Å²) < 4.78 is 45.6. The first-order valence-electron chi connectivity index (χ1n) is 34.5.